The van der Waals surface area contributed by atoms with Gasteiger partial charge in [0.2, 0.25) is 5.91 Å². The molecule has 1 aromatic rings. The van der Waals surface area contributed by atoms with Crippen molar-refractivity contribution in [2.24, 2.45) is 11.3 Å². The molecule has 2 fully saturated rings. The van der Waals surface area contributed by atoms with E-state index in [4.69, 9.17) is 16.3 Å². The van der Waals surface area contributed by atoms with Crippen LogP contribution >= 0.6 is 24.0 Å². The SMILES string of the molecule is COc1ccc(CNC(=O)C2CC23CCNCC3)cc1Cl.Cl. The van der Waals surface area contributed by atoms with Crippen molar-refractivity contribution in [3.63, 3.8) is 0 Å². The van der Waals surface area contributed by atoms with Crippen molar-refractivity contribution >= 4 is 29.9 Å². The summed E-state index contributed by atoms with van der Waals surface area (Å²) in [6.07, 6.45) is 3.29. The Balaban J connectivity index is 0.00000176. The maximum atomic E-state index is 12.3. The molecule has 0 bridgehead atoms. The Morgan fingerprint density at radius 2 is 2.18 bits per heavy atom. The minimum atomic E-state index is 0. The summed E-state index contributed by atoms with van der Waals surface area (Å²) in [5.74, 6) is 1.04. The van der Waals surface area contributed by atoms with Crippen LogP contribution in [0.25, 0.3) is 0 Å². The van der Waals surface area contributed by atoms with Crippen LogP contribution in [0.1, 0.15) is 24.8 Å². The van der Waals surface area contributed by atoms with Gasteiger partial charge in [0.1, 0.15) is 5.75 Å². The molecule has 1 saturated carbocycles. The van der Waals surface area contributed by atoms with Crippen LogP contribution in [0.15, 0.2) is 18.2 Å². The summed E-state index contributed by atoms with van der Waals surface area (Å²) < 4.78 is 5.12. The second-order valence-electron chi connectivity index (χ2n) is 6.06. The average Bonchev–Trinajstić information content (AvgIpc) is 3.19. The normalized spacial score (nSPS) is 21.8. The second-order valence-corrected chi connectivity index (χ2v) is 6.46. The average molecular weight is 345 g/mol. The van der Waals surface area contributed by atoms with Crippen molar-refractivity contribution in [3.8, 4) is 5.75 Å². The van der Waals surface area contributed by atoms with Gasteiger partial charge in [-0.25, -0.2) is 0 Å². The summed E-state index contributed by atoms with van der Waals surface area (Å²) in [5.41, 5.74) is 1.28. The summed E-state index contributed by atoms with van der Waals surface area (Å²) in [6, 6.07) is 5.60. The first-order valence-electron chi connectivity index (χ1n) is 7.45. The monoisotopic (exact) mass is 344 g/mol. The first-order chi connectivity index (χ1) is 10.1. The van der Waals surface area contributed by atoms with E-state index in [9.17, 15) is 4.79 Å². The number of hydrogen-bond acceptors (Lipinski definition) is 3. The third-order valence-corrected chi connectivity index (χ3v) is 5.08. The molecule has 1 unspecified atom stereocenters. The fourth-order valence-corrected chi connectivity index (χ4v) is 3.61. The number of piperidine rings is 1. The molecule has 2 aliphatic rings. The number of ether oxygens (including phenoxy) is 1. The Bertz CT molecular complexity index is 545. The fraction of sp³-hybridized carbons (Fsp3) is 0.562. The van der Waals surface area contributed by atoms with Crippen LogP contribution in [0.4, 0.5) is 0 Å². The molecule has 1 aliphatic carbocycles. The second kappa shape index (κ2) is 7.07. The van der Waals surface area contributed by atoms with Gasteiger partial charge in [-0.1, -0.05) is 17.7 Å². The molecule has 1 saturated heterocycles. The van der Waals surface area contributed by atoms with E-state index in [2.05, 4.69) is 10.6 Å². The number of rotatable bonds is 4. The lowest BCUT2D eigenvalue weighted by molar-refractivity contribution is -0.123. The van der Waals surface area contributed by atoms with E-state index >= 15 is 0 Å². The highest BCUT2D eigenvalue weighted by atomic mass is 35.5. The number of carbonyl (C=O) groups excluding carboxylic acids is 1. The molecule has 2 N–H and O–H groups in total. The van der Waals surface area contributed by atoms with Crippen molar-refractivity contribution in [2.75, 3.05) is 20.2 Å². The van der Waals surface area contributed by atoms with Gasteiger partial charge in [0.15, 0.2) is 0 Å². The number of nitrogens with one attached hydrogen (secondary N) is 2. The first-order valence-corrected chi connectivity index (χ1v) is 7.83. The number of amides is 1. The van der Waals surface area contributed by atoms with Crippen molar-refractivity contribution in [3.05, 3.63) is 28.8 Å². The third kappa shape index (κ3) is 3.50. The lowest BCUT2D eigenvalue weighted by atomic mass is 9.92. The molecule has 1 atom stereocenters. The van der Waals surface area contributed by atoms with E-state index in [1.807, 2.05) is 18.2 Å². The van der Waals surface area contributed by atoms with Crippen molar-refractivity contribution in [1.82, 2.24) is 10.6 Å². The van der Waals surface area contributed by atoms with E-state index in [1.165, 1.54) is 0 Å². The predicted molar refractivity (Wildman–Crippen MR) is 89.7 cm³/mol. The maximum absolute atomic E-state index is 12.3. The van der Waals surface area contributed by atoms with Crippen molar-refractivity contribution in [1.29, 1.82) is 0 Å². The zero-order chi connectivity index (χ0) is 14.9. The lowest BCUT2D eigenvalue weighted by Gasteiger charge is -2.23. The van der Waals surface area contributed by atoms with E-state index in [1.54, 1.807) is 7.11 Å². The lowest BCUT2D eigenvalue weighted by Crippen LogP contribution is -2.33. The van der Waals surface area contributed by atoms with E-state index in [-0.39, 0.29) is 29.6 Å². The molecule has 0 aromatic heterocycles. The quantitative estimate of drug-likeness (QED) is 0.882. The summed E-state index contributed by atoms with van der Waals surface area (Å²) in [6.45, 7) is 2.60. The van der Waals surface area contributed by atoms with Crippen LogP contribution in [-0.4, -0.2) is 26.1 Å². The Morgan fingerprint density at radius 1 is 1.45 bits per heavy atom. The van der Waals surface area contributed by atoms with Gasteiger partial charge in [-0.2, -0.15) is 0 Å². The number of halogens is 2. The van der Waals surface area contributed by atoms with Gasteiger partial charge in [0.05, 0.1) is 12.1 Å². The standard InChI is InChI=1S/C16H21ClN2O2.ClH/c1-21-14-3-2-11(8-13(14)17)10-19-15(20)12-9-16(12)4-6-18-7-5-16;/h2-3,8,12,18H,4-7,9-10H2,1H3,(H,19,20);1H. The molecule has 1 amide bonds. The minimum Gasteiger partial charge on any atom is -0.495 e. The molecule has 1 aliphatic heterocycles. The zero-order valence-electron chi connectivity index (χ0n) is 12.7. The number of hydrogen-bond donors (Lipinski definition) is 2. The van der Waals surface area contributed by atoms with E-state index < -0.39 is 0 Å². The highest BCUT2D eigenvalue weighted by Gasteiger charge is 2.57. The molecular formula is C16H22Cl2N2O2. The van der Waals surface area contributed by atoms with Gasteiger partial charge in [-0.15, -0.1) is 12.4 Å². The van der Waals surface area contributed by atoms with Crippen molar-refractivity contribution in [2.45, 2.75) is 25.8 Å². The molecule has 0 radical (unpaired) electrons. The molecular weight excluding hydrogens is 323 g/mol. The summed E-state index contributed by atoms with van der Waals surface area (Å²) in [7, 11) is 1.59. The molecule has 6 heteroatoms. The summed E-state index contributed by atoms with van der Waals surface area (Å²) in [5, 5.41) is 6.97. The highest BCUT2D eigenvalue weighted by molar-refractivity contribution is 6.32. The van der Waals surface area contributed by atoms with Crippen LogP contribution in [0.3, 0.4) is 0 Å². The van der Waals surface area contributed by atoms with Crippen LogP contribution < -0.4 is 15.4 Å². The molecule has 1 spiro atoms. The van der Waals surface area contributed by atoms with Gasteiger partial charge >= 0.3 is 0 Å². The highest BCUT2D eigenvalue weighted by Crippen LogP contribution is 2.58. The van der Waals surface area contributed by atoms with Gasteiger partial charge in [-0.05, 0) is 55.5 Å². The van der Waals surface area contributed by atoms with Gasteiger partial charge in [0.25, 0.3) is 0 Å². The Hall–Kier alpha value is -0.970. The number of carbonyl (C=O) groups is 1. The minimum absolute atomic E-state index is 0. The first kappa shape index (κ1) is 17.4. The predicted octanol–water partition coefficient (Wildman–Crippen LogP) is 2.78. The van der Waals surface area contributed by atoms with Crippen LogP contribution in [0, 0.1) is 11.3 Å². The van der Waals surface area contributed by atoms with Crippen LogP contribution in [-0.2, 0) is 11.3 Å². The number of methoxy groups -OCH3 is 1. The van der Waals surface area contributed by atoms with Crippen LogP contribution in [0.2, 0.25) is 5.02 Å². The topological polar surface area (TPSA) is 50.4 Å². The Morgan fingerprint density at radius 3 is 2.82 bits per heavy atom. The Labute approximate surface area is 142 Å². The molecule has 3 rings (SSSR count). The number of benzene rings is 1. The zero-order valence-corrected chi connectivity index (χ0v) is 14.2. The van der Waals surface area contributed by atoms with E-state index in [0.29, 0.717) is 17.3 Å². The van der Waals surface area contributed by atoms with Gasteiger partial charge < -0.3 is 15.4 Å². The molecule has 22 heavy (non-hydrogen) atoms. The summed E-state index contributed by atoms with van der Waals surface area (Å²) >= 11 is 6.09. The Kier molecular flexibility index (Phi) is 5.59. The summed E-state index contributed by atoms with van der Waals surface area (Å²) in [4.78, 5) is 12.3. The van der Waals surface area contributed by atoms with E-state index in [0.717, 1.165) is 37.9 Å². The molecule has 122 valence electrons. The molecule has 1 aromatic carbocycles. The van der Waals surface area contributed by atoms with Crippen LogP contribution in [0.5, 0.6) is 5.75 Å². The smallest absolute Gasteiger partial charge is 0.223 e. The third-order valence-electron chi connectivity index (χ3n) is 4.79. The fourth-order valence-electron chi connectivity index (χ4n) is 3.33. The molecule has 1 heterocycles. The van der Waals surface area contributed by atoms with Gasteiger partial charge in [-0.3, -0.25) is 4.79 Å². The molecule has 4 nitrogen and oxygen atoms in total. The maximum Gasteiger partial charge on any atom is 0.223 e. The van der Waals surface area contributed by atoms with Crippen molar-refractivity contribution < 1.29 is 9.53 Å². The largest absolute Gasteiger partial charge is 0.495 e. The van der Waals surface area contributed by atoms with Gasteiger partial charge in [0, 0.05) is 12.5 Å².